The van der Waals surface area contributed by atoms with Crippen molar-refractivity contribution in [1.29, 1.82) is 0 Å². The molecule has 0 amide bonds. The minimum atomic E-state index is -2.12. The van der Waals surface area contributed by atoms with Gasteiger partial charge in [0.25, 0.3) is 0 Å². The van der Waals surface area contributed by atoms with Crippen molar-refractivity contribution in [2.45, 2.75) is 24.1 Å². The number of benzene rings is 1. The van der Waals surface area contributed by atoms with Crippen molar-refractivity contribution in [2.75, 3.05) is 0 Å². The first-order valence-corrected chi connectivity index (χ1v) is 8.79. The number of rotatable bonds is 3. The maximum Gasteiger partial charge on any atom is 0.214 e. The number of allylic oxidation sites excluding steroid dienone is 4. The van der Waals surface area contributed by atoms with Gasteiger partial charge in [0.05, 0.1) is 17.3 Å². The van der Waals surface area contributed by atoms with Crippen LogP contribution >= 0.6 is 27.5 Å². The molecule has 1 heterocycles. The van der Waals surface area contributed by atoms with E-state index in [1.165, 1.54) is 29.0 Å². The van der Waals surface area contributed by atoms with Crippen LogP contribution in [0.2, 0.25) is 0 Å². The molecule has 0 spiro atoms. The van der Waals surface area contributed by atoms with E-state index >= 15 is 0 Å². The fourth-order valence-electron chi connectivity index (χ4n) is 3.14. The van der Waals surface area contributed by atoms with E-state index < -0.39 is 23.0 Å². The highest BCUT2D eigenvalue weighted by atomic mass is 79.9. The third-order valence-corrected chi connectivity index (χ3v) is 5.34. The monoisotopic (exact) mass is 428 g/mol. The Kier molecular flexibility index (Phi) is 4.88. The van der Waals surface area contributed by atoms with E-state index in [9.17, 15) is 13.9 Å². The fraction of sp³-hybridized carbons (Fsp3) is 0.278. The lowest BCUT2D eigenvalue weighted by molar-refractivity contribution is 0.215. The van der Waals surface area contributed by atoms with Crippen LogP contribution in [0.15, 0.2) is 47.0 Å². The minimum Gasteiger partial charge on any atom is -0.383 e. The van der Waals surface area contributed by atoms with Gasteiger partial charge < -0.3 is 5.11 Å². The number of aliphatic hydroxyl groups excluding tert-OH is 1. The van der Waals surface area contributed by atoms with Gasteiger partial charge in [-0.05, 0) is 30.7 Å². The number of aryl methyl sites for hydroxylation is 2. The van der Waals surface area contributed by atoms with Gasteiger partial charge in [-0.1, -0.05) is 51.8 Å². The molecule has 0 saturated carbocycles. The molecule has 2 aromatic rings. The maximum atomic E-state index is 14.8. The van der Waals surface area contributed by atoms with Gasteiger partial charge in [0.2, 0.25) is 5.13 Å². The molecule has 0 fully saturated rings. The maximum absolute atomic E-state index is 14.8. The standard InChI is InChI=1S/C18H16BrClF2N2O/c1-10-15(17(25)12-7-6-11(21)9-14(12)19)16(24(2)23-10)13-5-3-4-8-18(13,20)22/h3-9,13,17,25H,1-2H3. The van der Waals surface area contributed by atoms with Crippen LogP contribution in [0.5, 0.6) is 0 Å². The molecule has 0 bridgehead atoms. The van der Waals surface area contributed by atoms with Gasteiger partial charge in [-0.3, -0.25) is 4.68 Å². The highest BCUT2D eigenvalue weighted by molar-refractivity contribution is 9.10. The zero-order valence-electron chi connectivity index (χ0n) is 13.5. The summed E-state index contributed by atoms with van der Waals surface area (Å²) in [6.45, 7) is 1.73. The SMILES string of the molecule is Cc1nn(C)c(C2C=CC=CC2(F)Cl)c1C(O)c1ccc(F)cc1Br. The van der Waals surface area contributed by atoms with Crippen LogP contribution in [-0.2, 0) is 7.05 Å². The van der Waals surface area contributed by atoms with E-state index in [1.807, 2.05) is 0 Å². The van der Waals surface area contributed by atoms with Crippen molar-refractivity contribution in [2.24, 2.45) is 7.05 Å². The molecular formula is C18H16BrClF2N2O. The van der Waals surface area contributed by atoms with Gasteiger partial charge >= 0.3 is 0 Å². The van der Waals surface area contributed by atoms with E-state index in [0.29, 0.717) is 27.0 Å². The highest BCUT2D eigenvalue weighted by Gasteiger charge is 2.40. The Labute approximate surface area is 157 Å². The van der Waals surface area contributed by atoms with Crippen molar-refractivity contribution in [3.05, 3.63) is 75.3 Å². The summed E-state index contributed by atoms with van der Waals surface area (Å²) in [7, 11) is 1.68. The molecular weight excluding hydrogens is 414 g/mol. The molecule has 3 atom stereocenters. The molecule has 1 aromatic carbocycles. The van der Waals surface area contributed by atoms with E-state index in [2.05, 4.69) is 21.0 Å². The van der Waals surface area contributed by atoms with Crippen LogP contribution in [0.4, 0.5) is 8.78 Å². The zero-order valence-corrected chi connectivity index (χ0v) is 15.9. The van der Waals surface area contributed by atoms with Crippen LogP contribution in [0.1, 0.15) is 34.5 Å². The number of alkyl halides is 2. The van der Waals surface area contributed by atoms with Gasteiger partial charge in [0.15, 0.2) is 0 Å². The number of halogens is 4. The lowest BCUT2D eigenvalue weighted by Gasteiger charge is -2.27. The third kappa shape index (κ3) is 3.30. The first kappa shape index (κ1) is 18.3. The molecule has 0 saturated heterocycles. The average Bonchev–Trinajstić information content (AvgIpc) is 2.80. The summed E-state index contributed by atoms with van der Waals surface area (Å²) < 4.78 is 30.1. The van der Waals surface area contributed by atoms with E-state index in [1.54, 1.807) is 32.2 Å². The molecule has 0 aliphatic heterocycles. The highest BCUT2D eigenvalue weighted by Crippen LogP contribution is 2.44. The molecule has 3 rings (SSSR count). The van der Waals surface area contributed by atoms with Gasteiger partial charge in [-0.2, -0.15) is 5.10 Å². The molecule has 0 radical (unpaired) electrons. The average molecular weight is 430 g/mol. The molecule has 1 N–H and O–H groups in total. The molecule has 1 aliphatic carbocycles. The summed E-state index contributed by atoms with van der Waals surface area (Å²) >= 11 is 9.31. The minimum absolute atomic E-state index is 0.421. The second-order valence-electron chi connectivity index (χ2n) is 5.97. The smallest absolute Gasteiger partial charge is 0.214 e. The molecule has 3 unspecified atom stereocenters. The van der Waals surface area contributed by atoms with E-state index in [-0.39, 0.29) is 0 Å². The number of aromatic nitrogens is 2. The summed E-state index contributed by atoms with van der Waals surface area (Å²) in [5, 5.41) is 13.1. The van der Waals surface area contributed by atoms with Crippen LogP contribution in [0.25, 0.3) is 0 Å². The first-order valence-electron chi connectivity index (χ1n) is 7.62. The lowest BCUT2D eigenvalue weighted by Crippen LogP contribution is -2.26. The summed E-state index contributed by atoms with van der Waals surface area (Å²) in [6, 6.07) is 4.02. The van der Waals surface area contributed by atoms with E-state index in [0.717, 1.165) is 0 Å². The second kappa shape index (κ2) is 6.67. The number of hydrogen-bond donors (Lipinski definition) is 1. The Balaban J connectivity index is 2.14. The Morgan fingerprint density at radius 3 is 2.76 bits per heavy atom. The first-order chi connectivity index (χ1) is 11.7. The molecule has 132 valence electrons. The molecule has 25 heavy (non-hydrogen) atoms. The van der Waals surface area contributed by atoms with Crippen molar-refractivity contribution < 1.29 is 13.9 Å². The number of aliphatic hydroxyl groups is 1. The predicted octanol–water partition coefficient (Wildman–Crippen LogP) is 4.83. The van der Waals surface area contributed by atoms with Crippen LogP contribution < -0.4 is 0 Å². The Morgan fingerprint density at radius 2 is 2.12 bits per heavy atom. The van der Waals surface area contributed by atoms with Gasteiger partial charge in [-0.25, -0.2) is 8.78 Å². The van der Waals surface area contributed by atoms with Crippen LogP contribution in [0, 0.1) is 12.7 Å². The lowest BCUT2D eigenvalue weighted by atomic mass is 9.88. The quantitative estimate of drug-likeness (QED) is 0.710. The van der Waals surface area contributed by atoms with Gasteiger partial charge in [0.1, 0.15) is 11.9 Å². The van der Waals surface area contributed by atoms with Crippen LogP contribution in [-0.4, -0.2) is 20.0 Å². The fourth-order valence-corrected chi connectivity index (χ4v) is 3.96. The number of nitrogens with zero attached hydrogens (tertiary/aromatic N) is 2. The summed E-state index contributed by atoms with van der Waals surface area (Å²) in [5.74, 6) is -1.23. The largest absolute Gasteiger partial charge is 0.383 e. The van der Waals surface area contributed by atoms with Crippen molar-refractivity contribution in [3.63, 3.8) is 0 Å². The molecule has 1 aliphatic rings. The van der Waals surface area contributed by atoms with Gasteiger partial charge in [0, 0.05) is 17.1 Å². The van der Waals surface area contributed by atoms with Gasteiger partial charge in [-0.15, -0.1) is 0 Å². The topological polar surface area (TPSA) is 38.0 Å². The van der Waals surface area contributed by atoms with Crippen LogP contribution in [0.3, 0.4) is 0 Å². The molecule has 7 heteroatoms. The Morgan fingerprint density at radius 1 is 1.40 bits per heavy atom. The van der Waals surface area contributed by atoms with Crippen molar-refractivity contribution in [3.8, 4) is 0 Å². The Hall–Kier alpha value is -1.50. The van der Waals surface area contributed by atoms with Crippen molar-refractivity contribution >= 4 is 27.5 Å². The summed E-state index contributed by atoms with van der Waals surface area (Å²) in [5.41, 5.74) is 1.95. The molecule has 1 aromatic heterocycles. The predicted molar refractivity (Wildman–Crippen MR) is 96.8 cm³/mol. The van der Waals surface area contributed by atoms with Crippen molar-refractivity contribution in [1.82, 2.24) is 9.78 Å². The Bertz CT molecular complexity index is 876. The normalized spacial score (nSPS) is 23.9. The van der Waals surface area contributed by atoms with E-state index in [4.69, 9.17) is 11.6 Å². The summed E-state index contributed by atoms with van der Waals surface area (Å²) in [4.78, 5) is 0. The number of hydrogen-bond acceptors (Lipinski definition) is 2. The third-order valence-electron chi connectivity index (χ3n) is 4.29. The zero-order chi connectivity index (χ0) is 18.4. The molecule has 3 nitrogen and oxygen atoms in total. The summed E-state index contributed by atoms with van der Waals surface area (Å²) in [6.07, 6.45) is 5.05. The second-order valence-corrected chi connectivity index (χ2v) is 7.41.